The highest BCUT2D eigenvalue weighted by Crippen LogP contribution is 2.29. The topological polar surface area (TPSA) is 62.7 Å². The van der Waals surface area contributed by atoms with Crippen LogP contribution in [0.25, 0.3) is 0 Å². The molecule has 0 N–H and O–H groups in total. The van der Waals surface area contributed by atoms with Gasteiger partial charge in [0.1, 0.15) is 5.69 Å². The van der Waals surface area contributed by atoms with E-state index in [2.05, 4.69) is 4.98 Å². The minimum atomic E-state index is -0.262. The molecule has 0 saturated carbocycles. The molecule has 4 rings (SSSR count). The molecule has 0 unspecified atom stereocenters. The van der Waals surface area contributed by atoms with E-state index in [-0.39, 0.29) is 24.1 Å². The average molecular weight is 317 g/mol. The Kier molecular flexibility index (Phi) is 4.50. The van der Waals surface area contributed by atoms with E-state index in [0.717, 1.165) is 12.8 Å². The highest BCUT2D eigenvalue weighted by atomic mass is 16.6. The van der Waals surface area contributed by atoms with Gasteiger partial charge in [-0.05, 0) is 44.7 Å². The Morgan fingerprint density at radius 1 is 1.22 bits per heavy atom. The third kappa shape index (κ3) is 3.46. The van der Waals surface area contributed by atoms with Gasteiger partial charge in [0, 0.05) is 25.8 Å². The van der Waals surface area contributed by atoms with Crippen LogP contribution in [0.2, 0.25) is 0 Å². The standard InChI is InChI=1S/C17H23N3O3/c1-12(2)23-17(22)20-10-13-6-7-14(20)11-19(9-13)16(21)15-5-3-4-8-18-15/h3-5,8,12-14H,6-7,9-11H2,1-2H3/t13-,14+/m0/s1. The number of pyridine rings is 1. The Balaban J connectivity index is 1.74. The van der Waals surface area contributed by atoms with Crippen LogP contribution in [0.3, 0.4) is 0 Å². The molecule has 0 spiro atoms. The third-order valence-electron chi connectivity index (χ3n) is 4.46. The number of carbonyl (C=O) groups excluding carboxylic acids is 2. The average Bonchev–Trinajstić information content (AvgIpc) is 2.86. The second-order valence-corrected chi connectivity index (χ2v) is 6.61. The molecule has 4 heterocycles. The van der Waals surface area contributed by atoms with Gasteiger partial charge in [-0.2, -0.15) is 0 Å². The zero-order chi connectivity index (χ0) is 16.4. The van der Waals surface area contributed by atoms with Gasteiger partial charge in [-0.1, -0.05) is 6.07 Å². The molecule has 2 bridgehead atoms. The predicted molar refractivity (Wildman–Crippen MR) is 85.0 cm³/mol. The number of fused-ring (bicyclic) bond motifs is 4. The normalized spacial score (nSPS) is 23.8. The molecule has 0 radical (unpaired) electrons. The molecule has 2 amide bonds. The van der Waals surface area contributed by atoms with Crippen molar-refractivity contribution in [3.05, 3.63) is 30.1 Å². The van der Waals surface area contributed by atoms with Gasteiger partial charge in [0.25, 0.3) is 5.91 Å². The summed E-state index contributed by atoms with van der Waals surface area (Å²) >= 11 is 0. The molecule has 124 valence electrons. The lowest BCUT2D eigenvalue weighted by molar-refractivity contribution is 0.0479. The number of amides is 2. The molecule has 3 fully saturated rings. The van der Waals surface area contributed by atoms with Crippen LogP contribution in [0.15, 0.2) is 24.4 Å². The fourth-order valence-electron chi connectivity index (χ4n) is 3.39. The first-order valence-corrected chi connectivity index (χ1v) is 8.22. The number of hydrogen-bond acceptors (Lipinski definition) is 4. The lowest BCUT2D eigenvalue weighted by Crippen LogP contribution is -2.48. The smallest absolute Gasteiger partial charge is 0.410 e. The Morgan fingerprint density at radius 2 is 2.04 bits per heavy atom. The molecule has 6 nitrogen and oxygen atoms in total. The summed E-state index contributed by atoms with van der Waals surface area (Å²) in [6, 6.07) is 5.39. The van der Waals surface area contributed by atoms with E-state index in [1.165, 1.54) is 0 Å². The maximum atomic E-state index is 12.7. The molecule has 1 aromatic heterocycles. The fraction of sp³-hybridized carbons (Fsp3) is 0.588. The van der Waals surface area contributed by atoms with Gasteiger partial charge in [-0.3, -0.25) is 9.78 Å². The van der Waals surface area contributed by atoms with Crippen LogP contribution in [0, 0.1) is 5.92 Å². The van der Waals surface area contributed by atoms with Crippen molar-refractivity contribution in [2.75, 3.05) is 19.6 Å². The van der Waals surface area contributed by atoms with Crippen LogP contribution in [0.4, 0.5) is 4.79 Å². The van der Waals surface area contributed by atoms with E-state index in [4.69, 9.17) is 4.74 Å². The summed E-state index contributed by atoms with van der Waals surface area (Å²) in [4.78, 5) is 32.7. The van der Waals surface area contributed by atoms with Crippen molar-refractivity contribution in [3.8, 4) is 0 Å². The SMILES string of the molecule is CC(C)OC(=O)N1C[C@H]2CC[C@@H]1CN(C(=O)c1ccccn1)C2. The zero-order valence-corrected chi connectivity index (χ0v) is 13.6. The Labute approximate surface area is 136 Å². The molecule has 3 saturated heterocycles. The van der Waals surface area contributed by atoms with Crippen LogP contribution in [-0.2, 0) is 4.74 Å². The van der Waals surface area contributed by atoms with E-state index >= 15 is 0 Å². The van der Waals surface area contributed by atoms with E-state index in [0.29, 0.717) is 31.2 Å². The van der Waals surface area contributed by atoms with E-state index in [1.807, 2.05) is 24.8 Å². The van der Waals surface area contributed by atoms with Crippen molar-refractivity contribution in [1.29, 1.82) is 0 Å². The predicted octanol–water partition coefficient (Wildman–Crippen LogP) is 2.16. The van der Waals surface area contributed by atoms with Gasteiger partial charge in [-0.25, -0.2) is 4.79 Å². The summed E-state index contributed by atoms with van der Waals surface area (Å²) < 4.78 is 5.35. The second kappa shape index (κ2) is 6.56. The van der Waals surface area contributed by atoms with Gasteiger partial charge in [-0.15, -0.1) is 0 Å². The second-order valence-electron chi connectivity index (χ2n) is 6.61. The number of carbonyl (C=O) groups is 2. The number of nitrogens with zero attached hydrogens (tertiary/aromatic N) is 3. The van der Waals surface area contributed by atoms with E-state index in [1.54, 1.807) is 23.2 Å². The van der Waals surface area contributed by atoms with Gasteiger partial charge >= 0.3 is 6.09 Å². The molecule has 0 aliphatic carbocycles. The largest absolute Gasteiger partial charge is 0.447 e. The maximum Gasteiger partial charge on any atom is 0.410 e. The van der Waals surface area contributed by atoms with Crippen molar-refractivity contribution in [2.24, 2.45) is 5.92 Å². The summed E-state index contributed by atoms with van der Waals surface area (Å²) in [5.74, 6) is 0.253. The highest BCUT2D eigenvalue weighted by Gasteiger charge is 2.39. The third-order valence-corrected chi connectivity index (χ3v) is 4.46. The number of piperidine rings is 1. The Bertz CT molecular complexity index is 576. The maximum absolute atomic E-state index is 12.7. The first-order chi connectivity index (χ1) is 11.0. The van der Waals surface area contributed by atoms with Gasteiger partial charge < -0.3 is 14.5 Å². The van der Waals surface area contributed by atoms with Crippen LogP contribution < -0.4 is 0 Å². The quantitative estimate of drug-likeness (QED) is 0.838. The monoisotopic (exact) mass is 317 g/mol. The molecular formula is C17H23N3O3. The number of rotatable bonds is 2. The fourth-order valence-corrected chi connectivity index (χ4v) is 3.39. The van der Waals surface area contributed by atoms with Crippen LogP contribution in [0.1, 0.15) is 37.2 Å². The van der Waals surface area contributed by atoms with Crippen molar-refractivity contribution in [2.45, 2.75) is 38.8 Å². The van der Waals surface area contributed by atoms with Gasteiger partial charge in [0.05, 0.1) is 12.1 Å². The molecule has 1 aromatic rings. The summed E-state index contributed by atoms with van der Waals surface area (Å²) in [5.41, 5.74) is 0.463. The summed E-state index contributed by atoms with van der Waals surface area (Å²) in [5, 5.41) is 0. The van der Waals surface area contributed by atoms with Crippen molar-refractivity contribution >= 4 is 12.0 Å². The van der Waals surface area contributed by atoms with E-state index < -0.39 is 0 Å². The molecule has 0 aromatic carbocycles. The van der Waals surface area contributed by atoms with Crippen LogP contribution in [0.5, 0.6) is 0 Å². The zero-order valence-electron chi connectivity index (χ0n) is 13.6. The summed E-state index contributed by atoms with van der Waals surface area (Å²) in [6.07, 6.45) is 3.20. The lowest BCUT2D eigenvalue weighted by atomic mass is 9.95. The molecule has 3 aliphatic heterocycles. The van der Waals surface area contributed by atoms with Crippen LogP contribution in [-0.4, -0.2) is 58.6 Å². The first-order valence-electron chi connectivity index (χ1n) is 8.22. The summed E-state index contributed by atoms with van der Waals surface area (Å²) in [6.45, 7) is 5.61. The van der Waals surface area contributed by atoms with Gasteiger partial charge in [0.2, 0.25) is 0 Å². The molecular weight excluding hydrogens is 294 g/mol. The number of hydrogen-bond donors (Lipinski definition) is 0. The minimum Gasteiger partial charge on any atom is -0.447 e. The Morgan fingerprint density at radius 3 is 2.74 bits per heavy atom. The molecule has 23 heavy (non-hydrogen) atoms. The molecule has 2 atom stereocenters. The highest BCUT2D eigenvalue weighted by molar-refractivity contribution is 5.92. The summed E-state index contributed by atoms with van der Waals surface area (Å²) in [7, 11) is 0. The molecule has 6 heteroatoms. The molecule has 3 aliphatic rings. The number of aromatic nitrogens is 1. The number of ether oxygens (including phenoxy) is 1. The van der Waals surface area contributed by atoms with Crippen molar-refractivity contribution < 1.29 is 14.3 Å². The van der Waals surface area contributed by atoms with Gasteiger partial charge in [0.15, 0.2) is 0 Å². The minimum absolute atomic E-state index is 0.0349. The van der Waals surface area contributed by atoms with Crippen molar-refractivity contribution in [3.63, 3.8) is 0 Å². The van der Waals surface area contributed by atoms with E-state index in [9.17, 15) is 9.59 Å². The lowest BCUT2D eigenvalue weighted by Gasteiger charge is -2.35. The Hall–Kier alpha value is -2.11. The first kappa shape index (κ1) is 15.8. The van der Waals surface area contributed by atoms with Crippen molar-refractivity contribution in [1.82, 2.24) is 14.8 Å². The van der Waals surface area contributed by atoms with Crippen LogP contribution >= 0.6 is 0 Å².